The van der Waals surface area contributed by atoms with Crippen molar-refractivity contribution in [3.63, 3.8) is 0 Å². The first-order valence-corrected chi connectivity index (χ1v) is 4.65. The van der Waals surface area contributed by atoms with Crippen molar-refractivity contribution >= 4 is 5.91 Å². The smallest absolute Gasteiger partial charge is 0.223 e. The molecule has 4 heteroatoms. The molecule has 1 saturated heterocycles. The number of hydrogen-bond acceptors (Lipinski definition) is 2. The molecule has 1 unspecified atom stereocenters. The predicted molar refractivity (Wildman–Crippen MR) is 51.6 cm³/mol. The molecule has 1 atom stereocenters. The number of rotatable bonds is 2. The third kappa shape index (κ3) is 3.32. The molecule has 75 valence electrons. The van der Waals surface area contributed by atoms with Crippen LogP contribution in [0.2, 0.25) is 0 Å². The van der Waals surface area contributed by atoms with E-state index in [2.05, 4.69) is 17.3 Å². The van der Waals surface area contributed by atoms with Crippen molar-refractivity contribution in [2.75, 3.05) is 40.8 Å². The van der Waals surface area contributed by atoms with E-state index in [1.165, 1.54) is 0 Å². The van der Waals surface area contributed by atoms with E-state index in [9.17, 15) is 4.79 Å². The summed E-state index contributed by atoms with van der Waals surface area (Å²) in [4.78, 5) is 15.2. The molecule has 1 rings (SSSR count). The second-order valence-electron chi connectivity index (χ2n) is 3.81. The summed E-state index contributed by atoms with van der Waals surface area (Å²) in [6.07, 6.45) is 0.553. The van der Waals surface area contributed by atoms with Gasteiger partial charge in [0.2, 0.25) is 5.91 Å². The Labute approximate surface area is 79.9 Å². The van der Waals surface area contributed by atoms with Gasteiger partial charge in [0, 0.05) is 46.2 Å². The van der Waals surface area contributed by atoms with Crippen LogP contribution in [0, 0.1) is 0 Å². The van der Waals surface area contributed by atoms with Crippen LogP contribution in [0.3, 0.4) is 0 Å². The van der Waals surface area contributed by atoms with Crippen molar-refractivity contribution < 1.29 is 4.79 Å². The minimum Gasteiger partial charge on any atom is -0.349 e. The van der Waals surface area contributed by atoms with Crippen molar-refractivity contribution in [1.82, 2.24) is 15.1 Å². The average molecular weight is 184 g/mol. The summed E-state index contributed by atoms with van der Waals surface area (Å²) in [5.41, 5.74) is 0. The fraction of sp³-hybridized carbons (Fsp3) is 0.889. The highest BCUT2D eigenvalue weighted by atomic mass is 16.2. The first-order valence-electron chi connectivity index (χ1n) is 4.65. The Balaban J connectivity index is 2.31. The molecule has 1 aliphatic heterocycles. The van der Waals surface area contributed by atoms with E-state index in [-0.39, 0.29) is 11.9 Å². The molecule has 1 aliphatic rings. The van der Waals surface area contributed by atoms with Crippen LogP contribution in [0.15, 0.2) is 0 Å². The van der Waals surface area contributed by atoms with Gasteiger partial charge in [0.05, 0.1) is 0 Å². The normalized spacial score (nSPS) is 24.4. The van der Waals surface area contributed by atoms with Crippen LogP contribution < -0.4 is 5.32 Å². The van der Waals surface area contributed by atoms with Gasteiger partial charge in [-0.05, 0) is 7.05 Å². The molecule has 1 fully saturated rings. The van der Waals surface area contributed by atoms with Crippen molar-refractivity contribution in [3.8, 4) is 0 Å². The van der Waals surface area contributed by atoms with Crippen LogP contribution >= 0.6 is 0 Å². The van der Waals surface area contributed by atoms with Gasteiger partial charge in [-0.25, -0.2) is 5.32 Å². The zero-order valence-electron chi connectivity index (χ0n) is 8.66. The van der Waals surface area contributed by atoms with Crippen LogP contribution in [0.25, 0.3) is 0 Å². The zero-order chi connectivity index (χ0) is 9.84. The van der Waals surface area contributed by atoms with Crippen LogP contribution in [0.1, 0.15) is 6.42 Å². The Morgan fingerprint density at radius 3 is 2.85 bits per heavy atom. The highest BCUT2D eigenvalue weighted by Gasteiger charge is 2.20. The number of likely N-dealkylation sites (N-methyl/N-ethyl adjacent to an activating group) is 1. The molecular formula is C9H18N3O. The Morgan fingerprint density at radius 1 is 1.62 bits per heavy atom. The lowest BCUT2D eigenvalue weighted by Crippen LogP contribution is -2.46. The summed E-state index contributed by atoms with van der Waals surface area (Å²) in [6.45, 7) is 2.80. The first-order chi connectivity index (χ1) is 6.09. The number of piperazine rings is 1. The molecule has 0 aliphatic carbocycles. The Morgan fingerprint density at radius 2 is 2.31 bits per heavy atom. The van der Waals surface area contributed by atoms with Gasteiger partial charge in [-0.15, -0.1) is 0 Å². The minimum atomic E-state index is 0.170. The number of hydrogen-bond donors (Lipinski definition) is 0. The maximum Gasteiger partial charge on any atom is 0.223 e. The summed E-state index contributed by atoms with van der Waals surface area (Å²) >= 11 is 0. The van der Waals surface area contributed by atoms with Crippen LogP contribution in [-0.2, 0) is 4.79 Å². The summed E-state index contributed by atoms with van der Waals surface area (Å²) < 4.78 is 0. The van der Waals surface area contributed by atoms with Gasteiger partial charge in [-0.1, -0.05) is 0 Å². The average Bonchev–Trinajstić information content (AvgIpc) is 2.04. The minimum absolute atomic E-state index is 0.170. The van der Waals surface area contributed by atoms with E-state index >= 15 is 0 Å². The number of carbonyl (C=O) groups excluding carboxylic acids is 1. The van der Waals surface area contributed by atoms with Gasteiger partial charge >= 0.3 is 0 Å². The van der Waals surface area contributed by atoms with Gasteiger partial charge in [0.25, 0.3) is 0 Å². The molecule has 0 spiro atoms. The fourth-order valence-corrected chi connectivity index (χ4v) is 1.43. The van der Waals surface area contributed by atoms with Gasteiger partial charge < -0.3 is 9.80 Å². The highest BCUT2D eigenvalue weighted by molar-refractivity contribution is 5.76. The third-order valence-corrected chi connectivity index (χ3v) is 2.30. The van der Waals surface area contributed by atoms with Crippen LogP contribution in [0.4, 0.5) is 0 Å². The molecule has 0 aromatic heterocycles. The Hall–Kier alpha value is -0.610. The molecule has 1 amide bonds. The van der Waals surface area contributed by atoms with Crippen molar-refractivity contribution in [3.05, 3.63) is 0 Å². The molecule has 0 bridgehead atoms. The Bertz CT molecular complexity index is 182. The SMILES string of the molecule is CN1CC[N]C(CC(=O)N(C)C)C1. The second kappa shape index (κ2) is 4.58. The molecule has 4 nitrogen and oxygen atoms in total. The molecule has 1 heterocycles. The van der Waals surface area contributed by atoms with E-state index in [4.69, 9.17) is 0 Å². The van der Waals surface area contributed by atoms with Crippen molar-refractivity contribution in [2.45, 2.75) is 12.5 Å². The number of nitrogens with zero attached hydrogens (tertiary/aromatic N) is 3. The van der Waals surface area contributed by atoms with Gasteiger partial charge in [0.15, 0.2) is 0 Å². The predicted octanol–water partition coefficient (Wildman–Crippen LogP) is -0.617. The van der Waals surface area contributed by atoms with E-state index in [1.54, 1.807) is 19.0 Å². The first kappa shape index (κ1) is 10.5. The van der Waals surface area contributed by atoms with E-state index in [1.807, 2.05) is 0 Å². The highest BCUT2D eigenvalue weighted by Crippen LogP contribution is 2.03. The van der Waals surface area contributed by atoms with Crippen LogP contribution in [-0.4, -0.2) is 62.5 Å². The topological polar surface area (TPSA) is 37.7 Å². The molecule has 0 N–H and O–H groups in total. The van der Waals surface area contributed by atoms with E-state index < -0.39 is 0 Å². The number of amides is 1. The Kier molecular flexibility index (Phi) is 3.69. The largest absolute Gasteiger partial charge is 0.349 e. The monoisotopic (exact) mass is 184 g/mol. The molecular weight excluding hydrogens is 166 g/mol. The summed E-state index contributed by atoms with van der Waals surface area (Å²) in [5, 5.41) is 4.41. The molecule has 0 saturated carbocycles. The summed E-state index contributed by atoms with van der Waals surface area (Å²) in [5.74, 6) is 0.170. The maximum absolute atomic E-state index is 11.4. The molecule has 0 aromatic carbocycles. The van der Waals surface area contributed by atoms with Gasteiger partial charge in [-0.2, -0.15) is 0 Å². The van der Waals surface area contributed by atoms with Crippen LogP contribution in [0.5, 0.6) is 0 Å². The van der Waals surface area contributed by atoms with Crippen molar-refractivity contribution in [2.24, 2.45) is 0 Å². The molecule has 13 heavy (non-hydrogen) atoms. The third-order valence-electron chi connectivity index (χ3n) is 2.30. The van der Waals surface area contributed by atoms with E-state index in [0.717, 1.165) is 19.6 Å². The summed E-state index contributed by atoms with van der Waals surface area (Å²) in [7, 11) is 5.64. The number of carbonyl (C=O) groups is 1. The standard InChI is InChI=1S/C9H18N3O/c1-11(2)9(13)6-8-7-12(3)5-4-10-8/h8H,4-7H2,1-3H3. The molecule has 0 aromatic rings. The van der Waals surface area contributed by atoms with Crippen molar-refractivity contribution in [1.29, 1.82) is 0 Å². The summed E-state index contributed by atoms with van der Waals surface area (Å²) in [6, 6.07) is 0.202. The van der Waals surface area contributed by atoms with E-state index in [0.29, 0.717) is 6.42 Å². The van der Waals surface area contributed by atoms with Gasteiger partial charge in [-0.3, -0.25) is 4.79 Å². The quantitative estimate of drug-likeness (QED) is 0.574. The lowest BCUT2D eigenvalue weighted by atomic mass is 10.1. The lowest BCUT2D eigenvalue weighted by Gasteiger charge is -2.29. The maximum atomic E-state index is 11.4. The van der Waals surface area contributed by atoms with Gasteiger partial charge in [0.1, 0.15) is 0 Å². The fourth-order valence-electron chi connectivity index (χ4n) is 1.43. The zero-order valence-corrected chi connectivity index (χ0v) is 8.66. The second-order valence-corrected chi connectivity index (χ2v) is 3.81. The molecule has 1 radical (unpaired) electrons. The lowest BCUT2D eigenvalue weighted by molar-refractivity contribution is -0.129.